The van der Waals surface area contributed by atoms with Gasteiger partial charge in [-0.25, -0.2) is 0 Å². The highest BCUT2D eigenvalue weighted by atomic mass is 35.5. The molecule has 1 rings (SSSR count). The Balaban J connectivity index is 2.02. The smallest absolute Gasteiger partial charge is 0.243 e. The fourth-order valence-electron chi connectivity index (χ4n) is 2.69. The lowest BCUT2D eigenvalue weighted by molar-refractivity contribution is -0.116. The molecule has 0 unspecified atom stereocenters. The number of carbonyl (C=O) groups excluding carboxylic acids is 1. The van der Waals surface area contributed by atoms with E-state index in [4.69, 9.17) is 23.2 Å². The van der Waals surface area contributed by atoms with E-state index in [0.717, 1.165) is 18.5 Å². The Morgan fingerprint density at radius 3 is 2.16 bits per heavy atom. The van der Waals surface area contributed by atoms with Crippen molar-refractivity contribution in [3.05, 3.63) is 39.9 Å². The van der Waals surface area contributed by atoms with Crippen LogP contribution < -0.4 is 5.32 Å². The molecule has 1 aromatic carbocycles. The molecule has 0 aliphatic heterocycles. The van der Waals surface area contributed by atoms with Gasteiger partial charge in [0.05, 0.1) is 0 Å². The van der Waals surface area contributed by atoms with Crippen molar-refractivity contribution < 1.29 is 4.79 Å². The summed E-state index contributed by atoms with van der Waals surface area (Å²) in [6.45, 7) is 2.98. The Bertz CT molecular complexity index is 529. The molecule has 0 aromatic heterocycles. The topological polar surface area (TPSA) is 29.1 Å². The molecule has 0 fully saturated rings. The zero-order chi connectivity index (χ0) is 18.3. The van der Waals surface area contributed by atoms with E-state index in [1.54, 1.807) is 24.3 Å². The third-order valence-electron chi connectivity index (χ3n) is 4.21. The number of amides is 1. The van der Waals surface area contributed by atoms with Crippen molar-refractivity contribution in [1.82, 2.24) is 5.32 Å². The minimum atomic E-state index is -0.0815. The van der Waals surface area contributed by atoms with E-state index in [2.05, 4.69) is 12.2 Å². The van der Waals surface area contributed by atoms with Gasteiger partial charge in [0, 0.05) is 22.7 Å². The SMILES string of the molecule is CCCCCCCCCCCCNC(=O)/C=C/c1ccc(Cl)cc1Cl. The molecular weight excluding hydrogens is 353 g/mol. The van der Waals surface area contributed by atoms with Crippen molar-refractivity contribution in [3.8, 4) is 0 Å². The molecule has 0 radical (unpaired) electrons. The van der Waals surface area contributed by atoms with Crippen LogP contribution in [0.4, 0.5) is 0 Å². The first kappa shape index (κ1) is 22.1. The third kappa shape index (κ3) is 11.3. The number of nitrogens with one attached hydrogen (secondary N) is 1. The van der Waals surface area contributed by atoms with Crippen LogP contribution in [0, 0.1) is 0 Å². The second kappa shape index (κ2) is 14.2. The molecule has 2 nitrogen and oxygen atoms in total. The zero-order valence-electron chi connectivity index (χ0n) is 15.3. The fraction of sp³-hybridized carbons (Fsp3) is 0.571. The van der Waals surface area contributed by atoms with Crippen LogP contribution in [0.15, 0.2) is 24.3 Å². The van der Waals surface area contributed by atoms with Crippen LogP contribution in [0.5, 0.6) is 0 Å². The van der Waals surface area contributed by atoms with Crippen LogP contribution in [-0.2, 0) is 4.79 Å². The van der Waals surface area contributed by atoms with Crippen LogP contribution in [0.25, 0.3) is 6.08 Å². The zero-order valence-corrected chi connectivity index (χ0v) is 16.8. The summed E-state index contributed by atoms with van der Waals surface area (Å²) in [4.78, 5) is 11.8. The van der Waals surface area contributed by atoms with Crippen molar-refractivity contribution in [1.29, 1.82) is 0 Å². The number of halogens is 2. The summed E-state index contributed by atoms with van der Waals surface area (Å²) < 4.78 is 0. The monoisotopic (exact) mass is 383 g/mol. The Morgan fingerprint density at radius 1 is 0.960 bits per heavy atom. The second-order valence-corrected chi connectivity index (χ2v) is 7.32. The normalized spacial score (nSPS) is 11.2. The molecule has 0 saturated heterocycles. The molecule has 25 heavy (non-hydrogen) atoms. The fourth-order valence-corrected chi connectivity index (χ4v) is 3.16. The molecule has 1 aromatic rings. The highest BCUT2D eigenvalue weighted by Gasteiger charge is 1.99. The lowest BCUT2D eigenvalue weighted by Gasteiger charge is -2.04. The van der Waals surface area contributed by atoms with E-state index in [1.165, 1.54) is 63.9 Å². The predicted molar refractivity (Wildman–Crippen MR) is 110 cm³/mol. The molecule has 0 aliphatic rings. The van der Waals surface area contributed by atoms with E-state index in [9.17, 15) is 4.79 Å². The summed E-state index contributed by atoms with van der Waals surface area (Å²) >= 11 is 11.9. The van der Waals surface area contributed by atoms with Gasteiger partial charge in [-0.1, -0.05) is 94.0 Å². The molecule has 1 amide bonds. The van der Waals surface area contributed by atoms with Crippen molar-refractivity contribution in [2.75, 3.05) is 6.54 Å². The van der Waals surface area contributed by atoms with Gasteiger partial charge in [-0.05, 0) is 30.2 Å². The predicted octanol–water partition coefficient (Wildman–Crippen LogP) is 7.04. The van der Waals surface area contributed by atoms with E-state index in [-0.39, 0.29) is 5.91 Å². The number of hydrogen-bond acceptors (Lipinski definition) is 1. The van der Waals surface area contributed by atoms with Gasteiger partial charge in [0.25, 0.3) is 0 Å². The number of hydrogen-bond donors (Lipinski definition) is 1. The summed E-state index contributed by atoms with van der Waals surface area (Å²) in [5, 5.41) is 4.05. The summed E-state index contributed by atoms with van der Waals surface area (Å²) in [7, 11) is 0. The van der Waals surface area contributed by atoms with Gasteiger partial charge in [-0.15, -0.1) is 0 Å². The number of carbonyl (C=O) groups is 1. The molecule has 140 valence electrons. The average molecular weight is 384 g/mol. The molecule has 4 heteroatoms. The third-order valence-corrected chi connectivity index (χ3v) is 4.77. The van der Waals surface area contributed by atoms with Gasteiger partial charge < -0.3 is 5.32 Å². The summed E-state index contributed by atoms with van der Waals surface area (Å²) in [6, 6.07) is 5.23. The first-order valence-corrected chi connectivity index (χ1v) is 10.3. The average Bonchev–Trinajstić information content (AvgIpc) is 2.59. The Hall–Kier alpha value is -0.990. The summed E-state index contributed by atoms with van der Waals surface area (Å²) in [5.74, 6) is -0.0815. The maximum Gasteiger partial charge on any atom is 0.243 e. The first-order chi connectivity index (χ1) is 12.1. The van der Waals surface area contributed by atoms with Gasteiger partial charge in [0.1, 0.15) is 0 Å². The molecule has 1 N–H and O–H groups in total. The quantitative estimate of drug-likeness (QED) is 0.287. The standard InChI is InChI=1S/C21H31Cl2NO/c1-2-3-4-5-6-7-8-9-10-11-16-24-21(25)15-13-18-12-14-19(22)17-20(18)23/h12-15,17H,2-11,16H2,1H3,(H,24,25)/b15-13+. The van der Waals surface area contributed by atoms with Gasteiger partial charge in [0.2, 0.25) is 5.91 Å². The molecule has 0 bridgehead atoms. The Labute approximate surface area is 163 Å². The molecule has 0 heterocycles. The van der Waals surface area contributed by atoms with Crippen molar-refractivity contribution in [3.63, 3.8) is 0 Å². The van der Waals surface area contributed by atoms with Gasteiger partial charge in [-0.2, -0.15) is 0 Å². The van der Waals surface area contributed by atoms with E-state index in [0.29, 0.717) is 10.0 Å². The molecule has 0 saturated carbocycles. The number of unbranched alkanes of at least 4 members (excludes halogenated alkanes) is 9. The largest absolute Gasteiger partial charge is 0.353 e. The maximum atomic E-state index is 11.8. The lowest BCUT2D eigenvalue weighted by Crippen LogP contribution is -2.21. The van der Waals surface area contributed by atoms with Crippen LogP contribution >= 0.6 is 23.2 Å². The van der Waals surface area contributed by atoms with Crippen molar-refractivity contribution in [2.24, 2.45) is 0 Å². The molecule has 0 aliphatic carbocycles. The first-order valence-electron chi connectivity index (χ1n) is 9.54. The number of benzene rings is 1. The van der Waals surface area contributed by atoms with Crippen molar-refractivity contribution >= 4 is 35.2 Å². The summed E-state index contributed by atoms with van der Waals surface area (Å²) in [6.07, 6.45) is 16.2. The van der Waals surface area contributed by atoms with Crippen LogP contribution in [-0.4, -0.2) is 12.5 Å². The lowest BCUT2D eigenvalue weighted by atomic mass is 10.1. The second-order valence-electron chi connectivity index (χ2n) is 6.47. The summed E-state index contributed by atoms with van der Waals surface area (Å²) in [5.41, 5.74) is 0.792. The van der Waals surface area contributed by atoms with Crippen molar-refractivity contribution in [2.45, 2.75) is 71.1 Å². The van der Waals surface area contributed by atoms with Crippen LogP contribution in [0.2, 0.25) is 10.0 Å². The van der Waals surface area contributed by atoms with E-state index >= 15 is 0 Å². The van der Waals surface area contributed by atoms with Crippen LogP contribution in [0.3, 0.4) is 0 Å². The van der Waals surface area contributed by atoms with E-state index in [1.807, 2.05) is 0 Å². The highest BCUT2D eigenvalue weighted by Crippen LogP contribution is 2.21. The number of rotatable bonds is 13. The minimum absolute atomic E-state index is 0.0815. The van der Waals surface area contributed by atoms with E-state index < -0.39 is 0 Å². The van der Waals surface area contributed by atoms with Gasteiger partial charge >= 0.3 is 0 Å². The minimum Gasteiger partial charge on any atom is -0.353 e. The van der Waals surface area contributed by atoms with Gasteiger partial charge in [-0.3, -0.25) is 4.79 Å². The van der Waals surface area contributed by atoms with Gasteiger partial charge in [0.15, 0.2) is 0 Å². The Kier molecular flexibility index (Phi) is 12.5. The maximum absolute atomic E-state index is 11.8. The highest BCUT2D eigenvalue weighted by molar-refractivity contribution is 6.35. The molecular formula is C21H31Cl2NO. The molecule has 0 spiro atoms. The molecule has 0 atom stereocenters. The van der Waals surface area contributed by atoms with Crippen LogP contribution in [0.1, 0.15) is 76.7 Å². The Morgan fingerprint density at radius 2 is 1.56 bits per heavy atom.